The largest absolute Gasteiger partial charge is 0.393 e. The maximum Gasteiger partial charge on any atom is 0.253 e. The van der Waals surface area contributed by atoms with Gasteiger partial charge in [-0.25, -0.2) is 0 Å². The maximum atomic E-state index is 13.8. The monoisotopic (exact) mass is 864 g/mol. The minimum Gasteiger partial charge on any atom is -0.393 e. The predicted molar refractivity (Wildman–Crippen MR) is 229 cm³/mol. The number of carbonyl (C=O) groups excluding carboxylic acids is 7. The molecule has 3 saturated carbocycles. The van der Waals surface area contributed by atoms with Gasteiger partial charge in [0.2, 0.25) is 17.7 Å². The summed E-state index contributed by atoms with van der Waals surface area (Å²) in [6, 6.07) is 12.9. The molecular weight excluding hydrogens is 809 g/mol. The van der Waals surface area contributed by atoms with Crippen LogP contribution in [0.2, 0.25) is 0 Å². The van der Waals surface area contributed by atoms with Crippen LogP contribution in [0.1, 0.15) is 76.5 Å². The Hall–Kier alpha value is -5.61. The van der Waals surface area contributed by atoms with Crippen molar-refractivity contribution in [3.05, 3.63) is 101 Å². The lowest BCUT2D eigenvalue weighted by molar-refractivity contribution is -0.211. The lowest BCUT2D eigenvalue weighted by Crippen LogP contribution is -2.64. The Balaban J connectivity index is 0.939. The van der Waals surface area contributed by atoms with Crippen molar-refractivity contribution < 1.29 is 53.6 Å². The van der Waals surface area contributed by atoms with Crippen molar-refractivity contribution in [3.63, 3.8) is 0 Å². The molecule has 7 rings (SSSR count). The van der Waals surface area contributed by atoms with Gasteiger partial charge in [0.15, 0.2) is 17.2 Å². The van der Waals surface area contributed by atoms with Gasteiger partial charge in [0.05, 0.1) is 18.8 Å². The van der Waals surface area contributed by atoms with Gasteiger partial charge in [-0.3, -0.25) is 38.5 Å². The highest BCUT2D eigenvalue weighted by Gasteiger charge is 2.72. The summed E-state index contributed by atoms with van der Waals surface area (Å²) in [4.78, 5) is 88.6. The Morgan fingerprint density at radius 1 is 0.889 bits per heavy atom. The Morgan fingerprint density at radius 2 is 1.57 bits per heavy atom. The number of imide groups is 1. The van der Waals surface area contributed by atoms with Crippen LogP contribution in [0.5, 0.6) is 0 Å². The van der Waals surface area contributed by atoms with E-state index in [1.807, 2.05) is 49.4 Å². The van der Waals surface area contributed by atoms with Gasteiger partial charge in [0.25, 0.3) is 11.8 Å². The first-order valence-electron chi connectivity index (χ1n) is 21.6. The highest BCUT2D eigenvalue weighted by molar-refractivity contribution is 6.13. The number of amides is 5. The van der Waals surface area contributed by atoms with Crippen molar-refractivity contribution in [2.24, 2.45) is 28.6 Å². The van der Waals surface area contributed by atoms with Gasteiger partial charge in [0.1, 0.15) is 18.7 Å². The summed E-state index contributed by atoms with van der Waals surface area (Å²) in [7, 11) is 0. The zero-order valence-corrected chi connectivity index (χ0v) is 36.0. The van der Waals surface area contributed by atoms with Crippen molar-refractivity contribution in [3.8, 4) is 0 Å². The van der Waals surface area contributed by atoms with Crippen molar-refractivity contribution in [1.82, 2.24) is 15.5 Å². The Labute approximate surface area is 366 Å². The topological polar surface area (TPSA) is 229 Å². The number of Topliss-reactive ketones (excluding diaryl/α,β-unsaturated/α-hetero) is 1. The number of aliphatic hydroxyl groups excluding tert-OH is 3. The smallest absolute Gasteiger partial charge is 0.253 e. The van der Waals surface area contributed by atoms with Crippen LogP contribution < -0.4 is 16.0 Å². The molecular formula is C48H56N4O11. The van der Waals surface area contributed by atoms with Gasteiger partial charge in [-0.1, -0.05) is 61.9 Å². The second-order valence-electron chi connectivity index (χ2n) is 18.2. The van der Waals surface area contributed by atoms with Crippen molar-refractivity contribution in [2.45, 2.75) is 103 Å². The molecule has 1 aliphatic heterocycles. The maximum absolute atomic E-state index is 13.8. The molecule has 0 radical (unpaired) electrons. The molecule has 0 spiro atoms. The molecule has 6 N–H and O–H groups in total. The molecule has 2 aromatic carbocycles. The van der Waals surface area contributed by atoms with Crippen molar-refractivity contribution in [2.75, 3.05) is 18.5 Å². The number of hydrogen-bond donors (Lipinski definition) is 6. The van der Waals surface area contributed by atoms with Gasteiger partial charge < -0.3 is 36.0 Å². The number of benzene rings is 2. The predicted octanol–water partition coefficient (Wildman–Crippen LogP) is 2.61. The number of nitrogens with one attached hydrogen (secondary N) is 3. The molecule has 63 heavy (non-hydrogen) atoms. The first kappa shape index (κ1) is 45.4. The molecule has 0 saturated heterocycles. The molecule has 1 heterocycles. The van der Waals surface area contributed by atoms with E-state index in [0.29, 0.717) is 24.9 Å². The molecule has 1 unspecified atom stereocenters. The number of anilines is 1. The summed E-state index contributed by atoms with van der Waals surface area (Å²) in [5.41, 5.74) is 0.857. The van der Waals surface area contributed by atoms with Crippen LogP contribution in [0, 0.1) is 28.6 Å². The van der Waals surface area contributed by atoms with Gasteiger partial charge in [-0.15, -0.1) is 0 Å². The molecule has 3 fully saturated rings. The fourth-order valence-corrected chi connectivity index (χ4v) is 11.1. The van der Waals surface area contributed by atoms with Crippen LogP contribution in [-0.4, -0.2) is 104 Å². The number of allylic oxidation sites excluding steroid dienone is 4. The Bertz CT molecular complexity index is 2270. The molecule has 4 aliphatic carbocycles. The molecule has 15 heteroatoms. The van der Waals surface area contributed by atoms with Crippen LogP contribution in [-0.2, 0) is 51.3 Å². The number of ketones is 2. The number of ether oxygens (including phenoxy) is 1. The average Bonchev–Trinajstić information content (AvgIpc) is 3.68. The van der Waals surface area contributed by atoms with Gasteiger partial charge >= 0.3 is 0 Å². The number of aliphatic hydroxyl groups is 3. The lowest BCUT2D eigenvalue weighted by atomic mass is 9.46. The van der Waals surface area contributed by atoms with E-state index in [-0.39, 0.29) is 56.0 Å². The summed E-state index contributed by atoms with van der Waals surface area (Å²) in [5.74, 6) is -3.71. The van der Waals surface area contributed by atoms with Crippen LogP contribution in [0.25, 0.3) is 0 Å². The molecule has 5 amide bonds. The summed E-state index contributed by atoms with van der Waals surface area (Å²) < 4.78 is 6.56. The Morgan fingerprint density at radius 3 is 2.27 bits per heavy atom. The normalized spacial score (nSPS) is 30.5. The summed E-state index contributed by atoms with van der Waals surface area (Å²) in [6.45, 7) is 5.97. The van der Waals surface area contributed by atoms with Crippen LogP contribution >= 0.6 is 0 Å². The summed E-state index contributed by atoms with van der Waals surface area (Å²) in [5, 5.41) is 41.9. The van der Waals surface area contributed by atoms with E-state index in [9.17, 15) is 48.9 Å². The molecule has 5 aliphatic rings. The summed E-state index contributed by atoms with van der Waals surface area (Å²) in [6.07, 6.45) is 7.55. The van der Waals surface area contributed by atoms with Crippen LogP contribution in [0.4, 0.5) is 5.69 Å². The van der Waals surface area contributed by atoms with Gasteiger partial charge in [-0.2, -0.15) is 0 Å². The highest BCUT2D eigenvalue weighted by atomic mass is 16.5. The van der Waals surface area contributed by atoms with E-state index < -0.39 is 82.6 Å². The number of carbonyl (C=O) groups is 7. The minimum absolute atomic E-state index is 0.0204. The third-order valence-electron chi connectivity index (χ3n) is 14.3. The first-order chi connectivity index (χ1) is 29.9. The number of hydrogen-bond acceptors (Lipinski definition) is 11. The fraction of sp³-hybridized carbons (Fsp3) is 0.479. The second kappa shape index (κ2) is 17.9. The molecule has 10 atom stereocenters. The average molecular weight is 865 g/mol. The molecule has 2 aromatic rings. The zero-order chi connectivity index (χ0) is 45.4. The molecule has 0 bridgehead atoms. The minimum atomic E-state index is -1.75. The van der Waals surface area contributed by atoms with E-state index in [2.05, 4.69) is 22.9 Å². The number of nitrogens with zero attached hydrogens (tertiary/aromatic N) is 1. The number of fused-ring (bicyclic) bond motifs is 5. The van der Waals surface area contributed by atoms with E-state index in [4.69, 9.17) is 4.74 Å². The molecule has 15 nitrogen and oxygen atoms in total. The zero-order valence-electron chi connectivity index (χ0n) is 36.0. The number of rotatable bonds is 15. The van der Waals surface area contributed by atoms with E-state index in [1.54, 1.807) is 24.3 Å². The molecule has 0 aromatic heterocycles. The Kier molecular flexibility index (Phi) is 12.9. The second-order valence-corrected chi connectivity index (χ2v) is 18.2. The highest BCUT2D eigenvalue weighted by Crippen LogP contribution is 2.68. The SMILES string of the molecule is C[C@H](NC(=O)CCN1C(=O)C=CC1=O)C(=O)N[C@@H](C)C(=O)Nc1cccc(Cc2ccc(CO[C@]3(C(=O)CO)[C@H](O)CC4[C@@H]5CCC6=CC(=O)C=C[C@]6(C)[C@H]5[C@@H](O)C[C@@]43C)cc2)c1. The first-order valence-corrected chi connectivity index (χ1v) is 21.6. The third-order valence-corrected chi connectivity index (χ3v) is 14.3. The van der Waals surface area contributed by atoms with Crippen molar-refractivity contribution in [1.29, 1.82) is 0 Å². The lowest BCUT2D eigenvalue weighted by Gasteiger charge is -2.60. The summed E-state index contributed by atoms with van der Waals surface area (Å²) >= 11 is 0. The standard InChI is InChI=1S/C48H56N4O11/c1-27(49-40(58)17-19-52-41(59)14-15-42(52)60)44(61)50-28(2)45(62)51-33-7-5-6-31(21-33)20-29-8-10-30(11-9-29)26-63-48(39(57)25-53)38(56)23-36-35-13-12-32-22-34(54)16-18-46(32,3)43(35)37(55)24-47(36,48)4/h5-11,14-16,18,21-22,27-28,35-38,43,53,55-56H,12-13,17,19-20,23-26H2,1-4H3,(H,49,58)(H,50,61)(H,51,62)/t27-,28-,35-,36?,37-,38+,43+,46-,47-,48-/m0/s1. The van der Waals surface area contributed by atoms with Crippen LogP contribution in [0.15, 0.2) is 84.5 Å². The van der Waals surface area contributed by atoms with Gasteiger partial charge in [-0.05, 0) is 98.8 Å². The molecule has 334 valence electrons. The van der Waals surface area contributed by atoms with E-state index in [0.717, 1.165) is 39.3 Å². The van der Waals surface area contributed by atoms with Crippen LogP contribution in [0.3, 0.4) is 0 Å². The van der Waals surface area contributed by atoms with Gasteiger partial charge in [0, 0.05) is 47.6 Å². The fourth-order valence-electron chi connectivity index (χ4n) is 11.1. The van der Waals surface area contributed by atoms with E-state index >= 15 is 0 Å². The van der Waals surface area contributed by atoms with E-state index in [1.165, 1.54) is 13.8 Å². The van der Waals surface area contributed by atoms with Crippen molar-refractivity contribution >= 4 is 46.8 Å². The third kappa shape index (κ3) is 8.59. The quantitative estimate of drug-likeness (QED) is 0.143.